The van der Waals surface area contributed by atoms with Crippen molar-refractivity contribution in [2.24, 2.45) is 11.7 Å². The van der Waals surface area contributed by atoms with Crippen molar-refractivity contribution in [3.8, 4) is 0 Å². The van der Waals surface area contributed by atoms with Crippen molar-refractivity contribution >= 4 is 17.7 Å². The molecule has 0 amide bonds. The summed E-state index contributed by atoms with van der Waals surface area (Å²) in [5.74, 6) is 0.409. The molecular weight excluding hydrogens is 234 g/mol. The predicted molar refractivity (Wildman–Crippen MR) is 73.1 cm³/mol. The van der Waals surface area contributed by atoms with Crippen LogP contribution in [0.3, 0.4) is 0 Å². The van der Waals surface area contributed by atoms with Crippen LogP contribution in [0.15, 0.2) is 0 Å². The Morgan fingerprint density at radius 2 is 2.12 bits per heavy atom. The van der Waals surface area contributed by atoms with Crippen LogP contribution in [0.4, 0.5) is 0 Å². The van der Waals surface area contributed by atoms with E-state index in [1.165, 1.54) is 7.11 Å². The average molecular weight is 259 g/mol. The molecule has 3 nitrogen and oxygen atoms in total. The molecule has 1 saturated carbocycles. The van der Waals surface area contributed by atoms with Gasteiger partial charge >= 0.3 is 5.97 Å². The number of carbonyl (C=O) groups is 1. The fraction of sp³-hybridized carbons (Fsp3) is 0.923. The molecule has 1 fully saturated rings. The van der Waals surface area contributed by atoms with Crippen molar-refractivity contribution in [1.82, 2.24) is 0 Å². The molecule has 2 N–H and O–H groups in total. The molecule has 0 heterocycles. The van der Waals surface area contributed by atoms with E-state index in [2.05, 4.69) is 20.8 Å². The zero-order valence-corrected chi connectivity index (χ0v) is 12.2. The lowest BCUT2D eigenvalue weighted by Crippen LogP contribution is -2.52. The predicted octanol–water partition coefficient (Wildman–Crippen LogP) is 2.58. The Balaban J connectivity index is 2.57. The normalized spacial score (nSPS) is 31.3. The quantitative estimate of drug-likeness (QED) is 0.788. The highest BCUT2D eigenvalue weighted by molar-refractivity contribution is 8.00. The van der Waals surface area contributed by atoms with E-state index in [0.717, 1.165) is 25.7 Å². The highest BCUT2D eigenvalue weighted by Crippen LogP contribution is 2.37. The van der Waals surface area contributed by atoms with E-state index in [1.54, 1.807) is 0 Å². The van der Waals surface area contributed by atoms with E-state index in [1.807, 2.05) is 11.8 Å². The fourth-order valence-corrected chi connectivity index (χ4v) is 3.84. The maximum atomic E-state index is 11.7. The molecule has 1 aliphatic carbocycles. The third-order valence-electron chi connectivity index (χ3n) is 3.68. The Kier molecular flexibility index (Phi) is 5.32. The van der Waals surface area contributed by atoms with Crippen LogP contribution < -0.4 is 5.73 Å². The van der Waals surface area contributed by atoms with Crippen LogP contribution in [0.1, 0.15) is 46.5 Å². The molecule has 0 aromatic carbocycles. The molecule has 1 aliphatic rings. The van der Waals surface area contributed by atoms with E-state index < -0.39 is 5.54 Å². The smallest absolute Gasteiger partial charge is 0.325 e. The number of rotatable bonds is 4. The minimum absolute atomic E-state index is 0.250. The van der Waals surface area contributed by atoms with Crippen LogP contribution in [0.25, 0.3) is 0 Å². The molecule has 0 radical (unpaired) electrons. The van der Waals surface area contributed by atoms with E-state index in [4.69, 9.17) is 10.5 Å². The molecule has 1 rings (SSSR count). The van der Waals surface area contributed by atoms with Gasteiger partial charge in [0.1, 0.15) is 5.54 Å². The van der Waals surface area contributed by atoms with Gasteiger partial charge in [-0.25, -0.2) is 0 Å². The lowest BCUT2D eigenvalue weighted by Gasteiger charge is -2.36. The van der Waals surface area contributed by atoms with Gasteiger partial charge in [0.15, 0.2) is 0 Å². The lowest BCUT2D eigenvalue weighted by molar-refractivity contribution is -0.148. The number of carbonyl (C=O) groups excluding carboxylic acids is 1. The molecule has 100 valence electrons. The van der Waals surface area contributed by atoms with E-state index in [0.29, 0.717) is 16.4 Å². The Morgan fingerprint density at radius 3 is 2.65 bits per heavy atom. The standard InChI is InChI=1S/C13H25NO2S/c1-9(2)10(3)17-11-6-5-7-13(14,8-11)12(15)16-4/h9-11H,5-8,14H2,1-4H3. The molecule has 0 aliphatic heterocycles. The van der Waals surface area contributed by atoms with Gasteiger partial charge in [-0.05, 0) is 31.6 Å². The van der Waals surface area contributed by atoms with Crippen LogP contribution in [0.5, 0.6) is 0 Å². The Bertz CT molecular complexity index is 270. The molecule has 0 spiro atoms. The molecule has 0 bridgehead atoms. The second kappa shape index (κ2) is 6.10. The topological polar surface area (TPSA) is 52.3 Å². The highest BCUT2D eigenvalue weighted by Gasteiger charge is 2.40. The summed E-state index contributed by atoms with van der Waals surface area (Å²) >= 11 is 1.97. The lowest BCUT2D eigenvalue weighted by atomic mass is 9.82. The Morgan fingerprint density at radius 1 is 1.47 bits per heavy atom. The van der Waals surface area contributed by atoms with Gasteiger partial charge in [0.05, 0.1) is 7.11 Å². The number of nitrogens with two attached hydrogens (primary N) is 1. The molecule has 4 heteroatoms. The first-order chi connectivity index (χ1) is 7.89. The van der Waals surface area contributed by atoms with Gasteiger partial charge < -0.3 is 10.5 Å². The Hall–Kier alpha value is -0.220. The van der Waals surface area contributed by atoms with Gasteiger partial charge in [-0.1, -0.05) is 20.8 Å². The molecule has 3 atom stereocenters. The maximum Gasteiger partial charge on any atom is 0.325 e. The van der Waals surface area contributed by atoms with Gasteiger partial charge in [-0.15, -0.1) is 0 Å². The summed E-state index contributed by atoms with van der Waals surface area (Å²) in [4.78, 5) is 11.7. The van der Waals surface area contributed by atoms with E-state index >= 15 is 0 Å². The van der Waals surface area contributed by atoms with Crippen LogP contribution in [-0.4, -0.2) is 29.1 Å². The number of methoxy groups -OCH3 is 1. The second-order valence-corrected chi connectivity index (χ2v) is 7.13. The first kappa shape index (κ1) is 14.8. The molecule has 3 unspecified atom stereocenters. The minimum Gasteiger partial charge on any atom is -0.468 e. The summed E-state index contributed by atoms with van der Waals surface area (Å²) < 4.78 is 4.82. The Labute approximate surface area is 109 Å². The number of ether oxygens (including phenoxy) is 1. The number of thioether (sulfide) groups is 1. The van der Waals surface area contributed by atoms with Crippen molar-refractivity contribution in [1.29, 1.82) is 0 Å². The molecule has 0 aromatic rings. The van der Waals surface area contributed by atoms with Crippen molar-refractivity contribution in [3.05, 3.63) is 0 Å². The highest BCUT2D eigenvalue weighted by atomic mass is 32.2. The summed E-state index contributed by atoms with van der Waals surface area (Å²) in [5.41, 5.74) is 5.42. The zero-order valence-electron chi connectivity index (χ0n) is 11.4. The summed E-state index contributed by atoms with van der Waals surface area (Å²) in [5, 5.41) is 1.10. The van der Waals surface area contributed by atoms with E-state index in [-0.39, 0.29) is 5.97 Å². The molecule has 0 saturated heterocycles. The second-order valence-electron chi connectivity index (χ2n) is 5.45. The van der Waals surface area contributed by atoms with Gasteiger partial charge in [0, 0.05) is 10.5 Å². The zero-order chi connectivity index (χ0) is 13.1. The van der Waals surface area contributed by atoms with Crippen LogP contribution >= 0.6 is 11.8 Å². The van der Waals surface area contributed by atoms with Crippen molar-refractivity contribution in [2.75, 3.05) is 7.11 Å². The van der Waals surface area contributed by atoms with Gasteiger partial charge in [-0.3, -0.25) is 4.79 Å². The largest absolute Gasteiger partial charge is 0.468 e. The average Bonchev–Trinajstić information content (AvgIpc) is 2.27. The number of hydrogen-bond acceptors (Lipinski definition) is 4. The maximum absolute atomic E-state index is 11.7. The van der Waals surface area contributed by atoms with Gasteiger partial charge in [0.25, 0.3) is 0 Å². The number of esters is 1. The summed E-state index contributed by atoms with van der Waals surface area (Å²) in [6, 6.07) is 0. The van der Waals surface area contributed by atoms with Crippen LogP contribution in [0.2, 0.25) is 0 Å². The van der Waals surface area contributed by atoms with Gasteiger partial charge in [0.2, 0.25) is 0 Å². The van der Waals surface area contributed by atoms with Crippen LogP contribution in [0, 0.1) is 5.92 Å². The number of hydrogen-bond donors (Lipinski definition) is 1. The summed E-state index contributed by atoms with van der Waals surface area (Å²) in [6.45, 7) is 6.72. The van der Waals surface area contributed by atoms with Crippen molar-refractivity contribution in [2.45, 2.75) is 62.5 Å². The first-order valence-corrected chi connectivity index (χ1v) is 7.36. The van der Waals surface area contributed by atoms with Crippen molar-refractivity contribution in [3.63, 3.8) is 0 Å². The molecule has 17 heavy (non-hydrogen) atoms. The molecule has 0 aromatic heterocycles. The molecular formula is C13H25NO2S. The summed E-state index contributed by atoms with van der Waals surface area (Å²) in [7, 11) is 1.42. The summed E-state index contributed by atoms with van der Waals surface area (Å²) in [6.07, 6.45) is 3.69. The minimum atomic E-state index is -0.749. The van der Waals surface area contributed by atoms with Gasteiger partial charge in [-0.2, -0.15) is 11.8 Å². The SMILES string of the molecule is COC(=O)C1(N)CCCC(SC(C)C(C)C)C1. The third kappa shape index (κ3) is 3.88. The van der Waals surface area contributed by atoms with E-state index in [9.17, 15) is 4.79 Å². The van der Waals surface area contributed by atoms with Crippen LogP contribution in [-0.2, 0) is 9.53 Å². The first-order valence-electron chi connectivity index (χ1n) is 6.42. The third-order valence-corrected chi connectivity index (χ3v) is 5.44. The van der Waals surface area contributed by atoms with Crippen molar-refractivity contribution < 1.29 is 9.53 Å². The fourth-order valence-electron chi connectivity index (χ4n) is 2.22. The monoisotopic (exact) mass is 259 g/mol.